The van der Waals surface area contributed by atoms with Crippen molar-refractivity contribution in [2.75, 3.05) is 0 Å². The molecule has 0 aromatic heterocycles. The Labute approximate surface area is 144 Å². The summed E-state index contributed by atoms with van der Waals surface area (Å²) in [5, 5.41) is 3.77. The fourth-order valence-corrected chi connectivity index (χ4v) is 8.03. The van der Waals surface area contributed by atoms with E-state index in [1.54, 1.807) is 0 Å². The topological polar surface area (TPSA) is 0 Å². The third-order valence-electron chi connectivity index (χ3n) is 4.31. The van der Waals surface area contributed by atoms with Gasteiger partial charge in [-0.15, -0.1) is 11.1 Å². The summed E-state index contributed by atoms with van der Waals surface area (Å²) in [5.74, 6) is 0. The fraction of sp³-hybridized carbons (Fsp3) is 0.143. The molecule has 0 aliphatic carbocycles. The summed E-state index contributed by atoms with van der Waals surface area (Å²) in [5.41, 5.74) is 3.79. The van der Waals surface area contributed by atoms with E-state index in [9.17, 15) is 0 Å². The van der Waals surface area contributed by atoms with Crippen molar-refractivity contribution in [2.45, 2.75) is 20.8 Å². The molecule has 116 valence electrons. The Morgan fingerprint density at radius 1 is 0.652 bits per heavy atom. The summed E-state index contributed by atoms with van der Waals surface area (Å²) in [4.78, 5) is 0. The summed E-state index contributed by atoms with van der Waals surface area (Å²) in [6.45, 7) is 6.45. The minimum Gasteiger partial charge on any atom is -0.149 e. The lowest BCUT2D eigenvalue weighted by Crippen LogP contribution is -2.63. The molecule has 23 heavy (non-hydrogen) atoms. The minimum absolute atomic E-state index is 1.24. The second-order valence-electron chi connectivity index (χ2n) is 6.22. The van der Waals surface area contributed by atoms with Crippen molar-refractivity contribution in [1.82, 2.24) is 0 Å². The molecule has 0 fully saturated rings. The van der Waals surface area contributed by atoms with Crippen molar-refractivity contribution >= 4 is 34.0 Å². The molecule has 1 atom stereocenters. The molecule has 0 heterocycles. The molecular formula is C21H21ClSi. The SMILES string of the molecule is Cc1cc(C)cc([Si](Cl)(c2ccccc2)c2ccccc2C)c1. The van der Waals surface area contributed by atoms with E-state index < -0.39 is 7.38 Å². The quantitative estimate of drug-likeness (QED) is 0.387. The number of aryl methyl sites for hydroxylation is 3. The van der Waals surface area contributed by atoms with Crippen LogP contribution in [0.4, 0.5) is 0 Å². The number of halogens is 1. The predicted molar refractivity (Wildman–Crippen MR) is 104 cm³/mol. The van der Waals surface area contributed by atoms with Gasteiger partial charge in [-0.2, -0.15) is 0 Å². The van der Waals surface area contributed by atoms with E-state index in [2.05, 4.69) is 93.6 Å². The highest BCUT2D eigenvalue weighted by Gasteiger charge is 2.39. The van der Waals surface area contributed by atoms with E-state index in [1.165, 1.54) is 32.3 Å². The predicted octanol–water partition coefficient (Wildman–Crippen LogP) is 3.82. The monoisotopic (exact) mass is 336 g/mol. The number of benzene rings is 3. The Morgan fingerprint density at radius 3 is 1.83 bits per heavy atom. The van der Waals surface area contributed by atoms with E-state index in [0.717, 1.165) is 0 Å². The molecule has 2 heteroatoms. The average molecular weight is 337 g/mol. The summed E-state index contributed by atoms with van der Waals surface area (Å²) < 4.78 is 0. The van der Waals surface area contributed by atoms with Crippen molar-refractivity contribution in [2.24, 2.45) is 0 Å². The Kier molecular flexibility index (Phi) is 4.43. The third-order valence-corrected chi connectivity index (χ3v) is 9.74. The van der Waals surface area contributed by atoms with Gasteiger partial charge in [-0.25, -0.2) is 0 Å². The maximum Gasteiger partial charge on any atom is 0.248 e. The van der Waals surface area contributed by atoms with E-state index in [0.29, 0.717) is 0 Å². The van der Waals surface area contributed by atoms with E-state index >= 15 is 0 Å². The summed E-state index contributed by atoms with van der Waals surface area (Å²) in [7, 11) is -2.51. The molecule has 0 aliphatic heterocycles. The first-order chi connectivity index (χ1) is 11.0. The molecule has 0 aliphatic rings. The first kappa shape index (κ1) is 16.0. The summed E-state index contributed by atoms with van der Waals surface area (Å²) >= 11 is 7.50. The van der Waals surface area contributed by atoms with Gasteiger partial charge in [-0.3, -0.25) is 0 Å². The summed E-state index contributed by atoms with van der Waals surface area (Å²) in [6.07, 6.45) is 0. The van der Waals surface area contributed by atoms with Gasteiger partial charge < -0.3 is 0 Å². The fourth-order valence-electron chi connectivity index (χ4n) is 3.28. The zero-order chi connectivity index (χ0) is 16.4. The Hall–Kier alpha value is -1.83. The van der Waals surface area contributed by atoms with Gasteiger partial charge in [0.05, 0.1) is 0 Å². The third kappa shape index (κ3) is 2.99. The van der Waals surface area contributed by atoms with Crippen LogP contribution < -0.4 is 15.6 Å². The van der Waals surface area contributed by atoms with E-state index in [4.69, 9.17) is 11.1 Å². The Balaban J connectivity index is 2.33. The Bertz CT molecular complexity index is 806. The Morgan fingerprint density at radius 2 is 1.22 bits per heavy atom. The van der Waals surface area contributed by atoms with Crippen molar-refractivity contribution in [3.63, 3.8) is 0 Å². The molecule has 0 radical (unpaired) electrons. The van der Waals surface area contributed by atoms with Crippen LogP contribution in [0.2, 0.25) is 0 Å². The maximum absolute atomic E-state index is 7.50. The van der Waals surface area contributed by atoms with Crippen LogP contribution in [0, 0.1) is 20.8 Å². The number of hydrogen-bond acceptors (Lipinski definition) is 0. The zero-order valence-corrected chi connectivity index (χ0v) is 15.6. The van der Waals surface area contributed by atoms with Gasteiger partial charge in [0.15, 0.2) is 0 Å². The molecule has 0 bridgehead atoms. The molecule has 0 N–H and O–H groups in total. The lowest BCUT2D eigenvalue weighted by atomic mass is 10.2. The zero-order valence-electron chi connectivity index (χ0n) is 13.8. The molecule has 3 rings (SSSR count). The van der Waals surface area contributed by atoms with Crippen molar-refractivity contribution in [3.8, 4) is 0 Å². The second-order valence-corrected chi connectivity index (χ2v) is 10.9. The van der Waals surface area contributed by atoms with Crippen LogP contribution in [0.25, 0.3) is 0 Å². The largest absolute Gasteiger partial charge is 0.248 e. The molecule has 0 saturated heterocycles. The van der Waals surface area contributed by atoms with Gasteiger partial charge in [0.25, 0.3) is 0 Å². The molecule has 0 amide bonds. The van der Waals surface area contributed by atoms with E-state index in [1.807, 2.05) is 0 Å². The highest BCUT2D eigenvalue weighted by Crippen LogP contribution is 2.16. The lowest BCUT2D eigenvalue weighted by molar-refractivity contribution is 1.40. The van der Waals surface area contributed by atoms with Crippen LogP contribution in [-0.4, -0.2) is 7.38 Å². The smallest absolute Gasteiger partial charge is 0.149 e. The van der Waals surface area contributed by atoms with Crippen LogP contribution in [-0.2, 0) is 0 Å². The first-order valence-electron chi connectivity index (χ1n) is 7.91. The van der Waals surface area contributed by atoms with E-state index in [-0.39, 0.29) is 0 Å². The number of rotatable bonds is 3. The molecule has 0 nitrogen and oxygen atoms in total. The van der Waals surface area contributed by atoms with Gasteiger partial charge in [0.1, 0.15) is 0 Å². The van der Waals surface area contributed by atoms with Gasteiger partial charge in [-0.05, 0) is 41.9 Å². The van der Waals surface area contributed by atoms with Crippen LogP contribution in [0.15, 0.2) is 72.8 Å². The minimum atomic E-state index is -2.51. The molecular weight excluding hydrogens is 316 g/mol. The van der Waals surface area contributed by atoms with Crippen LogP contribution >= 0.6 is 11.1 Å². The van der Waals surface area contributed by atoms with Crippen LogP contribution in [0.1, 0.15) is 16.7 Å². The normalized spacial score (nSPS) is 13.6. The van der Waals surface area contributed by atoms with Crippen molar-refractivity contribution in [3.05, 3.63) is 89.5 Å². The van der Waals surface area contributed by atoms with Gasteiger partial charge in [0.2, 0.25) is 7.38 Å². The first-order valence-corrected chi connectivity index (χ1v) is 10.9. The average Bonchev–Trinajstić information content (AvgIpc) is 2.54. The molecule has 0 saturated carbocycles. The number of hydrogen-bond donors (Lipinski definition) is 0. The van der Waals surface area contributed by atoms with Crippen LogP contribution in [0.3, 0.4) is 0 Å². The molecule has 3 aromatic rings. The molecule has 3 aromatic carbocycles. The summed E-state index contributed by atoms with van der Waals surface area (Å²) in [6, 6.07) is 25.8. The standard InChI is InChI=1S/C21H21ClSi/c1-16-13-17(2)15-20(14-16)23(22,19-10-5-4-6-11-19)21-12-8-7-9-18(21)3/h4-15H,1-3H3. The van der Waals surface area contributed by atoms with Crippen molar-refractivity contribution < 1.29 is 0 Å². The van der Waals surface area contributed by atoms with Gasteiger partial charge >= 0.3 is 0 Å². The van der Waals surface area contributed by atoms with Gasteiger partial charge in [-0.1, -0.05) is 83.9 Å². The molecule has 0 spiro atoms. The second kappa shape index (κ2) is 6.35. The van der Waals surface area contributed by atoms with Gasteiger partial charge in [0, 0.05) is 0 Å². The highest BCUT2D eigenvalue weighted by molar-refractivity contribution is 7.40. The highest BCUT2D eigenvalue weighted by atomic mass is 35.6. The van der Waals surface area contributed by atoms with Crippen LogP contribution in [0.5, 0.6) is 0 Å². The maximum atomic E-state index is 7.50. The molecule has 1 unspecified atom stereocenters. The van der Waals surface area contributed by atoms with Crippen molar-refractivity contribution in [1.29, 1.82) is 0 Å². The lowest BCUT2D eigenvalue weighted by Gasteiger charge is -2.28.